The van der Waals surface area contributed by atoms with Crippen LogP contribution in [0, 0.1) is 0 Å². The van der Waals surface area contributed by atoms with E-state index in [1.807, 2.05) is 37.3 Å². The highest BCUT2D eigenvalue weighted by Gasteiger charge is 2.21. The number of carbonyl (C=O) groups is 2. The third-order valence-corrected chi connectivity index (χ3v) is 4.95. The van der Waals surface area contributed by atoms with Crippen LogP contribution in [0.3, 0.4) is 0 Å². The molecule has 3 aromatic rings. The lowest BCUT2D eigenvalue weighted by Gasteiger charge is -2.19. The average molecular weight is 433 g/mol. The molecule has 166 valence electrons. The van der Waals surface area contributed by atoms with E-state index in [0.717, 1.165) is 12.0 Å². The Balaban J connectivity index is 1.63. The Hall–Kier alpha value is -3.80. The molecule has 0 aliphatic rings. The molecule has 0 heterocycles. The van der Waals surface area contributed by atoms with Gasteiger partial charge in [-0.2, -0.15) is 0 Å². The smallest absolute Gasteiger partial charge is 0.265 e. The molecule has 0 unspecified atom stereocenters. The zero-order valence-electron chi connectivity index (χ0n) is 18.3. The topological polar surface area (TPSA) is 76.7 Å². The second-order valence-corrected chi connectivity index (χ2v) is 7.22. The van der Waals surface area contributed by atoms with Crippen molar-refractivity contribution >= 4 is 17.5 Å². The molecule has 6 heteroatoms. The lowest BCUT2D eigenvalue weighted by molar-refractivity contribution is -0.122. The second kappa shape index (κ2) is 11.6. The van der Waals surface area contributed by atoms with Crippen LogP contribution in [0.15, 0.2) is 78.9 Å². The minimum absolute atomic E-state index is 0.237. The summed E-state index contributed by atoms with van der Waals surface area (Å²) in [6.45, 7) is 2.37. The molecule has 0 aliphatic carbocycles. The Bertz CT molecular complexity index is 1040. The molecule has 0 fully saturated rings. The van der Waals surface area contributed by atoms with Gasteiger partial charge in [0, 0.05) is 12.6 Å². The summed E-state index contributed by atoms with van der Waals surface area (Å²) in [6, 6.07) is 24.0. The Morgan fingerprint density at radius 1 is 0.906 bits per heavy atom. The normalized spacial score (nSPS) is 11.3. The molecule has 32 heavy (non-hydrogen) atoms. The summed E-state index contributed by atoms with van der Waals surface area (Å²) in [4.78, 5) is 25.6. The van der Waals surface area contributed by atoms with Crippen LogP contribution in [0.2, 0.25) is 0 Å². The first-order valence-corrected chi connectivity index (χ1v) is 10.6. The first-order valence-electron chi connectivity index (χ1n) is 10.6. The molecule has 6 nitrogen and oxygen atoms in total. The van der Waals surface area contributed by atoms with Crippen LogP contribution in [0.4, 0.5) is 5.69 Å². The van der Waals surface area contributed by atoms with Gasteiger partial charge in [-0.3, -0.25) is 9.59 Å². The highest BCUT2D eigenvalue weighted by molar-refractivity contribution is 6.04. The average Bonchev–Trinajstić information content (AvgIpc) is 2.83. The van der Waals surface area contributed by atoms with Crippen LogP contribution in [-0.2, 0) is 11.2 Å². The van der Waals surface area contributed by atoms with E-state index in [0.29, 0.717) is 35.7 Å². The van der Waals surface area contributed by atoms with Crippen LogP contribution in [0.5, 0.6) is 11.5 Å². The number of nitrogens with one attached hydrogen (secondary N) is 2. The maximum absolute atomic E-state index is 12.9. The van der Waals surface area contributed by atoms with Crippen LogP contribution in [-0.4, -0.2) is 31.6 Å². The predicted octanol–water partition coefficient (Wildman–Crippen LogP) is 4.46. The Morgan fingerprint density at radius 2 is 1.62 bits per heavy atom. The van der Waals surface area contributed by atoms with E-state index >= 15 is 0 Å². The molecule has 0 bridgehead atoms. The minimum Gasteiger partial charge on any atom is -0.497 e. The van der Waals surface area contributed by atoms with Gasteiger partial charge in [0.2, 0.25) is 0 Å². The van der Waals surface area contributed by atoms with Gasteiger partial charge in [0.25, 0.3) is 11.8 Å². The van der Waals surface area contributed by atoms with Gasteiger partial charge in [-0.15, -0.1) is 0 Å². The third-order valence-electron chi connectivity index (χ3n) is 4.95. The number of rotatable bonds is 10. The summed E-state index contributed by atoms with van der Waals surface area (Å²) in [5.41, 5.74) is 2.00. The molecular formula is C26H28N2O4. The first-order chi connectivity index (χ1) is 15.6. The number of para-hydroxylation sites is 1. The number of hydrogen-bond acceptors (Lipinski definition) is 4. The Kier molecular flexibility index (Phi) is 8.26. The lowest BCUT2D eigenvalue weighted by atomic mass is 10.1. The fourth-order valence-electron chi connectivity index (χ4n) is 3.22. The molecule has 1 atom stereocenters. The number of amides is 2. The predicted molar refractivity (Wildman–Crippen MR) is 125 cm³/mol. The molecule has 0 aromatic heterocycles. The number of benzene rings is 3. The van der Waals surface area contributed by atoms with Gasteiger partial charge >= 0.3 is 0 Å². The van der Waals surface area contributed by atoms with E-state index in [1.165, 1.54) is 0 Å². The maximum Gasteiger partial charge on any atom is 0.265 e. The maximum atomic E-state index is 12.9. The molecule has 2 N–H and O–H groups in total. The number of ether oxygens (including phenoxy) is 2. The van der Waals surface area contributed by atoms with Crippen molar-refractivity contribution < 1.29 is 19.1 Å². The van der Waals surface area contributed by atoms with Gasteiger partial charge in [-0.05, 0) is 42.7 Å². The van der Waals surface area contributed by atoms with E-state index in [-0.39, 0.29) is 11.8 Å². The Labute approximate surface area is 188 Å². The summed E-state index contributed by atoms with van der Waals surface area (Å²) in [5, 5.41) is 5.76. The van der Waals surface area contributed by atoms with Gasteiger partial charge < -0.3 is 20.1 Å². The molecule has 0 saturated heterocycles. The number of carbonyl (C=O) groups excluding carboxylic acids is 2. The summed E-state index contributed by atoms with van der Waals surface area (Å²) in [6.07, 6.45) is 0.485. The van der Waals surface area contributed by atoms with Crippen molar-refractivity contribution in [2.75, 3.05) is 19.0 Å². The summed E-state index contributed by atoms with van der Waals surface area (Å²) in [5.74, 6) is 0.631. The molecule has 3 rings (SSSR count). The molecule has 2 amide bonds. The number of methoxy groups -OCH3 is 1. The molecule has 0 radical (unpaired) electrons. The van der Waals surface area contributed by atoms with Crippen LogP contribution >= 0.6 is 0 Å². The monoisotopic (exact) mass is 432 g/mol. The van der Waals surface area contributed by atoms with Crippen LogP contribution in [0.25, 0.3) is 0 Å². The van der Waals surface area contributed by atoms with Gasteiger partial charge in [0.05, 0.1) is 18.4 Å². The standard InChI is InChI=1S/C26H28N2O4/c1-3-24(32-21-13-9-12-20(18-21)31-2)26(30)28-23-15-8-7-14-22(23)25(29)27-17-16-19-10-5-4-6-11-19/h4-15,18,24H,3,16-17H2,1-2H3,(H,27,29)(H,28,30)/t24-/m1/s1. The zero-order valence-corrected chi connectivity index (χ0v) is 18.3. The quantitative estimate of drug-likeness (QED) is 0.496. The van der Waals surface area contributed by atoms with E-state index in [1.54, 1.807) is 55.6 Å². The van der Waals surface area contributed by atoms with Crippen molar-refractivity contribution in [3.05, 3.63) is 90.0 Å². The molecule has 0 aliphatic heterocycles. The van der Waals surface area contributed by atoms with Crippen molar-refractivity contribution in [3.8, 4) is 11.5 Å². The molecular weight excluding hydrogens is 404 g/mol. The van der Waals surface area contributed by atoms with Crippen molar-refractivity contribution in [1.29, 1.82) is 0 Å². The number of anilines is 1. The summed E-state index contributed by atoms with van der Waals surface area (Å²) in [7, 11) is 1.57. The van der Waals surface area contributed by atoms with Crippen molar-refractivity contribution in [2.24, 2.45) is 0 Å². The van der Waals surface area contributed by atoms with Crippen LogP contribution < -0.4 is 20.1 Å². The molecule has 0 saturated carbocycles. The van der Waals surface area contributed by atoms with E-state index < -0.39 is 6.10 Å². The van der Waals surface area contributed by atoms with Crippen LogP contribution in [0.1, 0.15) is 29.3 Å². The fourth-order valence-corrected chi connectivity index (χ4v) is 3.22. The van der Waals surface area contributed by atoms with E-state index in [2.05, 4.69) is 10.6 Å². The zero-order chi connectivity index (χ0) is 22.8. The molecule has 3 aromatic carbocycles. The third kappa shape index (κ3) is 6.35. The van der Waals surface area contributed by atoms with E-state index in [4.69, 9.17) is 9.47 Å². The van der Waals surface area contributed by atoms with Crippen molar-refractivity contribution in [2.45, 2.75) is 25.9 Å². The SMILES string of the molecule is CC[C@@H](Oc1cccc(OC)c1)C(=O)Nc1ccccc1C(=O)NCCc1ccccc1. The van der Waals surface area contributed by atoms with Gasteiger partial charge in [0.1, 0.15) is 11.5 Å². The largest absolute Gasteiger partial charge is 0.497 e. The van der Waals surface area contributed by atoms with Gasteiger partial charge in [-0.1, -0.05) is 55.5 Å². The first kappa shape index (κ1) is 22.9. The van der Waals surface area contributed by atoms with Gasteiger partial charge in [-0.25, -0.2) is 0 Å². The highest BCUT2D eigenvalue weighted by atomic mass is 16.5. The fraction of sp³-hybridized carbons (Fsp3) is 0.231. The molecule has 0 spiro atoms. The summed E-state index contributed by atoms with van der Waals surface area (Å²) < 4.78 is 11.1. The highest BCUT2D eigenvalue weighted by Crippen LogP contribution is 2.22. The second-order valence-electron chi connectivity index (χ2n) is 7.22. The minimum atomic E-state index is -0.712. The van der Waals surface area contributed by atoms with Crippen molar-refractivity contribution in [1.82, 2.24) is 5.32 Å². The lowest BCUT2D eigenvalue weighted by Crippen LogP contribution is -2.33. The Morgan fingerprint density at radius 3 is 2.38 bits per heavy atom. The summed E-state index contributed by atoms with van der Waals surface area (Å²) >= 11 is 0. The number of hydrogen-bond donors (Lipinski definition) is 2. The van der Waals surface area contributed by atoms with Gasteiger partial charge in [0.15, 0.2) is 6.10 Å². The van der Waals surface area contributed by atoms with E-state index in [9.17, 15) is 9.59 Å². The van der Waals surface area contributed by atoms with Crippen molar-refractivity contribution in [3.63, 3.8) is 0 Å².